The van der Waals surface area contributed by atoms with Gasteiger partial charge in [-0.2, -0.15) is 5.10 Å². The minimum atomic E-state index is -0.324. The SMILES string of the molecule is Cn1nc(C(=O)N2CCCCC2)c2c1CCN(C(=O)CCC(=O)NCc1ccc(F)cc1)C2. The van der Waals surface area contributed by atoms with Crippen LogP contribution in [-0.4, -0.2) is 56.9 Å². The number of hydrogen-bond acceptors (Lipinski definition) is 4. The number of fused-ring (bicyclic) bond motifs is 1. The summed E-state index contributed by atoms with van der Waals surface area (Å²) in [5.74, 6) is -0.721. The third-order valence-electron chi connectivity index (χ3n) is 6.41. The first-order chi connectivity index (χ1) is 15.9. The molecular weight excluding hydrogens is 425 g/mol. The van der Waals surface area contributed by atoms with Gasteiger partial charge in [-0.15, -0.1) is 0 Å². The van der Waals surface area contributed by atoms with Gasteiger partial charge in [-0.25, -0.2) is 4.39 Å². The van der Waals surface area contributed by atoms with Gasteiger partial charge in [0.05, 0.1) is 0 Å². The number of benzene rings is 1. The van der Waals surface area contributed by atoms with Crippen molar-refractivity contribution in [2.24, 2.45) is 7.05 Å². The standard InChI is InChI=1S/C24H30FN5O3/c1-28-20-11-14-30(16-19(20)23(27-28)24(33)29-12-3-2-4-13-29)22(32)10-9-21(31)26-15-17-5-7-18(25)8-6-17/h5-8H,2-4,9-16H2,1H3,(H,26,31). The Labute approximate surface area is 192 Å². The highest BCUT2D eigenvalue weighted by Gasteiger charge is 2.31. The summed E-state index contributed by atoms with van der Waals surface area (Å²) in [6.07, 6.45) is 3.97. The summed E-state index contributed by atoms with van der Waals surface area (Å²) in [5.41, 5.74) is 3.07. The minimum absolute atomic E-state index is 0.0546. The molecule has 8 nitrogen and oxygen atoms in total. The van der Waals surface area contributed by atoms with E-state index in [4.69, 9.17) is 0 Å². The van der Waals surface area contributed by atoms with E-state index >= 15 is 0 Å². The topological polar surface area (TPSA) is 87.5 Å². The Morgan fingerprint density at radius 1 is 1.00 bits per heavy atom. The molecule has 0 radical (unpaired) electrons. The zero-order valence-electron chi connectivity index (χ0n) is 19.0. The molecule has 176 valence electrons. The highest BCUT2D eigenvalue weighted by molar-refractivity contribution is 5.94. The molecule has 4 rings (SSSR count). The normalized spacial score (nSPS) is 15.8. The monoisotopic (exact) mass is 455 g/mol. The van der Waals surface area contributed by atoms with Crippen LogP contribution in [0.3, 0.4) is 0 Å². The molecule has 2 aliphatic rings. The van der Waals surface area contributed by atoms with E-state index in [1.807, 2.05) is 11.9 Å². The van der Waals surface area contributed by atoms with Crippen molar-refractivity contribution in [3.8, 4) is 0 Å². The van der Waals surface area contributed by atoms with Crippen LogP contribution in [0, 0.1) is 5.82 Å². The van der Waals surface area contributed by atoms with Gasteiger partial charge in [0, 0.05) is 70.3 Å². The first kappa shape index (κ1) is 22.9. The van der Waals surface area contributed by atoms with E-state index in [0.717, 1.165) is 49.2 Å². The Bertz CT molecular complexity index is 1030. The van der Waals surface area contributed by atoms with Crippen LogP contribution in [0.1, 0.15) is 59.4 Å². The molecule has 0 aliphatic carbocycles. The first-order valence-corrected chi connectivity index (χ1v) is 11.6. The lowest BCUT2D eigenvalue weighted by Crippen LogP contribution is -2.39. The van der Waals surface area contributed by atoms with Crippen molar-refractivity contribution in [2.45, 2.75) is 51.6 Å². The highest BCUT2D eigenvalue weighted by Crippen LogP contribution is 2.25. The van der Waals surface area contributed by atoms with Crippen LogP contribution < -0.4 is 5.32 Å². The second kappa shape index (κ2) is 10.1. The molecule has 1 N–H and O–H groups in total. The van der Waals surface area contributed by atoms with Crippen molar-refractivity contribution in [3.05, 3.63) is 52.6 Å². The van der Waals surface area contributed by atoms with Gasteiger partial charge in [0.1, 0.15) is 5.82 Å². The molecule has 0 atom stereocenters. The predicted octanol–water partition coefficient (Wildman–Crippen LogP) is 2.17. The number of halogens is 1. The molecule has 2 aromatic rings. The van der Waals surface area contributed by atoms with Gasteiger partial charge < -0.3 is 15.1 Å². The molecule has 33 heavy (non-hydrogen) atoms. The smallest absolute Gasteiger partial charge is 0.274 e. The largest absolute Gasteiger partial charge is 0.352 e. The Kier molecular flexibility index (Phi) is 7.05. The lowest BCUT2D eigenvalue weighted by atomic mass is 10.0. The molecule has 3 heterocycles. The summed E-state index contributed by atoms with van der Waals surface area (Å²) in [7, 11) is 1.84. The van der Waals surface area contributed by atoms with Crippen LogP contribution >= 0.6 is 0 Å². The second-order valence-corrected chi connectivity index (χ2v) is 8.72. The van der Waals surface area contributed by atoms with Crippen LogP contribution in [0.25, 0.3) is 0 Å². The van der Waals surface area contributed by atoms with Crippen LogP contribution in [-0.2, 0) is 36.1 Å². The molecule has 1 fully saturated rings. The van der Waals surface area contributed by atoms with Gasteiger partial charge >= 0.3 is 0 Å². The Balaban J connectivity index is 1.32. The minimum Gasteiger partial charge on any atom is -0.352 e. The average molecular weight is 456 g/mol. The molecular formula is C24H30FN5O3. The van der Waals surface area contributed by atoms with Crippen LogP contribution in [0.5, 0.6) is 0 Å². The molecule has 9 heteroatoms. The summed E-state index contributed by atoms with van der Waals surface area (Å²) >= 11 is 0. The maximum absolute atomic E-state index is 13.1. The second-order valence-electron chi connectivity index (χ2n) is 8.72. The van der Waals surface area contributed by atoms with Crippen molar-refractivity contribution in [1.82, 2.24) is 24.9 Å². The summed E-state index contributed by atoms with van der Waals surface area (Å²) in [6.45, 7) is 2.67. The van der Waals surface area contributed by atoms with Crippen LogP contribution in [0.4, 0.5) is 4.39 Å². The number of aromatic nitrogens is 2. The number of nitrogens with zero attached hydrogens (tertiary/aromatic N) is 4. The molecule has 1 saturated heterocycles. The fraction of sp³-hybridized carbons (Fsp3) is 0.500. The molecule has 0 spiro atoms. The number of nitrogens with one attached hydrogen (secondary N) is 1. The van der Waals surface area contributed by atoms with Gasteiger partial charge in [-0.05, 0) is 37.0 Å². The van der Waals surface area contributed by atoms with Crippen molar-refractivity contribution < 1.29 is 18.8 Å². The number of likely N-dealkylation sites (tertiary alicyclic amines) is 1. The number of carbonyl (C=O) groups excluding carboxylic acids is 3. The van der Waals surface area contributed by atoms with E-state index in [1.54, 1.807) is 21.7 Å². The average Bonchev–Trinajstić information content (AvgIpc) is 3.18. The zero-order chi connectivity index (χ0) is 23.4. The van der Waals surface area contributed by atoms with E-state index in [9.17, 15) is 18.8 Å². The van der Waals surface area contributed by atoms with Crippen LogP contribution in [0.15, 0.2) is 24.3 Å². The molecule has 2 aliphatic heterocycles. The van der Waals surface area contributed by atoms with Gasteiger partial charge in [0.2, 0.25) is 11.8 Å². The van der Waals surface area contributed by atoms with Crippen molar-refractivity contribution in [1.29, 1.82) is 0 Å². The van der Waals surface area contributed by atoms with Crippen molar-refractivity contribution in [3.63, 3.8) is 0 Å². The Morgan fingerprint density at radius 2 is 1.73 bits per heavy atom. The molecule has 3 amide bonds. The summed E-state index contributed by atoms with van der Waals surface area (Å²) in [4.78, 5) is 41.6. The maximum Gasteiger partial charge on any atom is 0.274 e. The van der Waals surface area contributed by atoms with Gasteiger partial charge in [-0.1, -0.05) is 12.1 Å². The van der Waals surface area contributed by atoms with Gasteiger partial charge in [0.25, 0.3) is 5.91 Å². The number of hydrogen-bond donors (Lipinski definition) is 1. The van der Waals surface area contributed by atoms with Crippen molar-refractivity contribution in [2.75, 3.05) is 19.6 Å². The number of amides is 3. The Morgan fingerprint density at radius 3 is 2.45 bits per heavy atom. The predicted molar refractivity (Wildman–Crippen MR) is 120 cm³/mol. The van der Waals surface area contributed by atoms with E-state index in [2.05, 4.69) is 10.4 Å². The van der Waals surface area contributed by atoms with E-state index in [1.165, 1.54) is 12.1 Å². The quantitative estimate of drug-likeness (QED) is 0.723. The van der Waals surface area contributed by atoms with E-state index in [0.29, 0.717) is 25.2 Å². The van der Waals surface area contributed by atoms with Crippen LogP contribution in [0.2, 0.25) is 0 Å². The summed E-state index contributed by atoms with van der Waals surface area (Å²) in [6, 6.07) is 5.92. The first-order valence-electron chi connectivity index (χ1n) is 11.6. The number of carbonyl (C=O) groups is 3. The number of aryl methyl sites for hydroxylation is 1. The number of piperidine rings is 1. The third kappa shape index (κ3) is 5.40. The fourth-order valence-electron chi connectivity index (χ4n) is 4.49. The van der Waals surface area contributed by atoms with Gasteiger partial charge in [0.15, 0.2) is 5.69 Å². The molecule has 0 bridgehead atoms. The molecule has 0 unspecified atom stereocenters. The molecule has 1 aromatic heterocycles. The Hall–Kier alpha value is -3.23. The van der Waals surface area contributed by atoms with E-state index < -0.39 is 0 Å². The summed E-state index contributed by atoms with van der Waals surface area (Å²) in [5, 5.41) is 7.25. The van der Waals surface area contributed by atoms with Gasteiger partial charge in [-0.3, -0.25) is 19.1 Å². The highest BCUT2D eigenvalue weighted by atomic mass is 19.1. The fourth-order valence-corrected chi connectivity index (χ4v) is 4.49. The maximum atomic E-state index is 13.1. The lowest BCUT2D eigenvalue weighted by Gasteiger charge is -2.29. The summed E-state index contributed by atoms with van der Waals surface area (Å²) < 4.78 is 14.7. The number of rotatable bonds is 6. The molecule has 0 saturated carbocycles. The zero-order valence-corrected chi connectivity index (χ0v) is 19.0. The lowest BCUT2D eigenvalue weighted by molar-refractivity contribution is -0.134. The van der Waals surface area contributed by atoms with Crippen molar-refractivity contribution >= 4 is 17.7 Å². The van der Waals surface area contributed by atoms with E-state index in [-0.39, 0.29) is 42.9 Å². The third-order valence-corrected chi connectivity index (χ3v) is 6.41. The molecule has 1 aromatic carbocycles.